The minimum absolute atomic E-state index is 0.335. The van der Waals surface area contributed by atoms with Crippen molar-refractivity contribution >= 4 is 15.9 Å². The highest BCUT2D eigenvalue weighted by Gasteiger charge is 2.07. The van der Waals surface area contributed by atoms with Crippen LogP contribution in [0.1, 0.15) is 5.56 Å². The van der Waals surface area contributed by atoms with Crippen molar-refractivity contribution in [2.45, 2.75) is 5.33 Å². The van der Waals surface area contributed by atoms with Crippen molar-refractivity contribution in [1.29, 1.82) is 0 Å². The summed E-state index contributed by atoms with van der Waals surface area (Å²) in [5.74, 6) is 0.759. The summed E-state index contributed by atoms with van der Waals surface area (Å²) >= 11 is 3.44. The van der Waals surface area contributed by atoms with Gasteiger partial charge in [0.1, 0.15) is 12.1 Å². The van der Waals surface area contributed by atoms with Gasteiger partial charge in [0.15, 0.2) is 0 Å². The van der Waals surface area contributed by atoms with Crippen molar-refractivity contribution in [1.82, 2.24) is 14.8 Å². The molecule has 0 N–H and O–H groups in total. The lowest BCUT2D eigenvalue weighted by Crippen LogP contribution is -1.95. The van der Waals surface area contributed by atoms with E-state index in [0.29, 0.717) is 6.01 Å². The molecule has 1 aromatic heterocycles. The van der Waals surface area contributed by atoms with E-state index in [1.54, 1.807) is 11.0 Å². The predicted molar refractivity (Wildman–Crippen MR) is 80.5 cm³/mol. The van der Waals surface area contributed by atoms with E-state index < -0.39 is 0 Å². The number of nitrogens with zero attached hydrogens (tertiary/aromatic N) is 3. The molecule has 0 amide bonds. The maximum atomic E-state index is 5.73. The first-order valence-corrected chi connectivity index (χ1v) is 7.28. The van der Waals surface area contributed by atoms with Crippen LogP contribution >= 0.6 is 15.9 Å². The highest BCUT2D eigenvalue weighted by Crippen LogP contribution is 2.24. The van der Waals surface area contributed by atoms with Crippen molar-refractivity contribution in [3.05, 3.63) is 66.5 Å². The molecule has 0 atom stereocenters. The van der Waals surface area contributed by atoms with Gasteiger partial charge in [-0.2, -0.15) is 4.98 Å². The number of hydrogen-bond acceptors (Lipinski definition) is 3. The zero-order chi connectivity index (χ0) is 13.8. The molecule has 0 aliphatic carbocycles. The zero-order valence-electron chi connectivity index (χ0n) is 10.6. The summed E-state index contributed by atoms with van der Waals surface area (Å²) in [5.41, 5.74) is 2.01. The van der Waals surface area contributed by atoms with E-state index >= 15 is 0 Å². The average Bonchev–Trinajstić information content (AvgIpc) is 2.97. The highest BCUT2D eigenvalue weighted by molar-refractivity contribution is 9.08. The molecule has 20 heavy (non-hydrogen) atoms. The first kappa shape index (κ1) is 12.9. The van der Waals surface area contributed by atoms with Gasteiger partial charge in [-0.05, 0) is 18.2 Å². The van der Waals surface area contributed by atoms with E-state index in [-0.39, 0.29) is 0 Å². The summed E-state index contributed by atoms with van der Waals surface area (Å²) in [6, 6.07) is 17.9. The second-order valence-electron chi connectivity index (χ2n) is 4.15. The molecule has 0 bridgehead atoms. The van der Waals surface area contributed by atoms with E-state index in [9.17, 15) is 0 Å². The summed E-state index contributed by atoms with van der Waals surface area (Å²) < 4.78 is 7.42. The van der Waals surface area contributed by atoms with Crippen LogP contribution in [0.2, 0.25) is 0 Å². The van der Waals surface area contributed by atoms with Crippen LogP contribution in [-0.2, 0) is 5.33 Å². The molecular weight excluding hydrogens is 318 g/mol. The molecule has 5 heteroatoms. The summed E-state index contributed by atoms with van der Waals surface area (Å²) in [6.07, 6.45) is 1.64. The van der Waals surface area contributed by atoms with Gasteiger partial charge in [0.25, 0.3) is 0 Å². The van der Waals surface area contributed by atoms with Crippen LogP contribution < -0.4 is 4.74 Å². The molecule has 0 fully saturated rings. The Morgan fingerprint density at radius 1 is 1.00 bits per heavy atom. The third-order valence-electron chi connectivity index (χ3n) is 2.81. The Hall–Kier alpha value is -2.14. The molecule has 100 valence electrons. The van der Waals surface area contributed by atoms with Crippen LogP contribution in [0.5, 0.6) is 11.8 Å². The quantitative estimate of drug-likeness (QED) is 0.680. The van der Waals surface area contributed by atoms with Crippen LogP contribution in [0.25, 0.3) is 5.69 Å². The van der Waals surface area contributed by atoms with Gasteiger partial charge in [0, 0.05) is 10.9 Å². The van der Waals surface area contributed by atoms with Gasteiger partial charge in [-0.1, -0.05) is 52.3 Å². The van der Waals surface area contributed by atoms with Crippen molar-refractivity contribution in [2.24, 2.45) is 0 Å². The van der Waals surface area contributed by atoms with Gasteiger partial charge in [0.05, 0.1) is 5.69 Å². The molecular formula is C15H12BrN3O. The lowest BCUT2D eigenvalue weighted by Gasteiger charge is -2.05. The molecule has 0 radical (unpaired) electrons. The Labute approximate surface area is 125 Å². The molecule has 0 aliphatic heterocycles. The maximum Gasteiger partial charge on any atom is 0.341 e. The molecule has 0 aliphatic rings. The molecule has 2 aromatic carbocycles. The Balaban J connectivity index is 1.84. The summed E-state index contributed by atoms with van der Waals surface area (Å²) in [6.45, 7) is 0. The van der Waals surface area contributed by atoms with E-state index in [2.05, 4.69) is 26.0 Å². The van der Waals surface area contributed by atoms with Crippen LogP contribution in [0.15, 0.2) is 60.9 Å². The first-order valence-electron chi connectivity index (χ1n) is 6.15. The van der Waals surface area contributed by atoms with Crippen molar-refractivity contribution in [3.8, 4) is 17.4 Å². The fraction of sp³-hybridized carbons (Fsp3) is 0.0667. The molecule has 4 nitrogen and oxygen atoms in total. The standard InChI is InChI=1S/C15H12BrN3O/c16-10-12-6-4-5-9-14(12)20-15-17-11-19(18-15)13-7-2-1-3-8-13/h1-9,11H,10H2. The smallest absolute Gasteiger partial charge is 0.341 e. The SMILES string of the molecule is BrCc1ccccc1Oc1ncn(-c2ccccc2)n1. The molecule has 0 saturated carbocycles. The van der Waals surface area contributed by atoms with Crippen LogP contribution in [-0.4, -0.2) is 14.8 Å². The van der Waals surface area contributed by atoms with Gasteiger partial charge in [-0.15, -0.1) is 5.10 Å². The van der Waals surface area contributed by atoms with Crippen molar-refractivity contribution in [3.63, 3.8) is 0 Å². The maximum absolute atomic E-state index is 5.73. The number of ether oxygens (including phenoxy) is 1. The minimum Gasteiger partial charge on any atom is -0.423 e. The van der Waals surface area contributed by atoms with Crippen LogP contribution in [0.4, 0.5) is 0 Å². The van der Waals surface area contributed by atoms with Crippen LogP contribution in [0.3, 0.4) is 0 Å². The minimum atomic E-state index is 0.335. The number of rotatable bonds is 4. The second-order valence-corrected chi connectivity index (χ2v) is 4.71. The summed E-state index contributed by atoms with van der Waals surface area (Å²) in [4.78, 5) is 4.18. The monoisotopic (exact) mass is 329 g/mol. The number of benzene rings is 2. The van der Waals surface area contributed by atoms with Gasteiger partial charge in [-0.3, -0.25) is 0 Å². The fourth-order valence-electron chi connectivity index (χ4n) is 1.81. The van der Waals surface area contributed by atoms with Crippen molar-refractivity contribution < 1.29 is 4.74 Å². The van der Waals surface area contributed by atoms with Gasteiger partial charge < -0.3 is 4.74 Å². The first-order chi connectivity index (χ1) is 9.86. The number of para-hydroxylation sites is 2. The normalized spacial score (nSPS) is 10.4. The number of halogens is 1. The lowest BCUT2D eigenvalue weighted by atomic mass is 10.2. The van der Waals surface area contributed by atoms with E-state index in [1.807, 2.05) is 54.6 Å². The topological polar surface area (TPSA) is 39.9 Å². The fourth-order valence-corrected chi connectivity index (χ4v) is 2.28. The third kappa shape index (κ3) is 2.72. The van der Waals surface area contributed by atoms with Crippen molar-refractivity contribution in [2.75, 3.05) is 0 Å². The summed E-state index contributed by atoms with van der Waals surface area (Å²) in [7, 11) is 0. The lowest BCUT2D eigenvalue weighted by molar-refractivity contribution is 0.438. The number of hydrogen-bond donors (Lipinski definition) is 0. The molecule has 0 unspecified atom stereocenters. The second kappa shape index (κ2) is 5.88. The van der Waals surface area contributed by atoms with Gasteiger partial charge >= 0.3 is 6.01 Å². The molecule has 3 aromatic rings. The van der Waals surface area contributed by atoms with Gasteiger partial charge in [-0.25, -0.2) is 4.68 Å². The Morgan fingerprint density at radius 2 is 1.75 bits per heavy atom. The molecule has 3 rings (SSSR count). The summed E-state index contributed by atoms with van der Waals surface area (Å²) in [5, 5.41) is 5.04. The predicted octanol–water partition coefficient (Wildman–Crippen LogP) is 3.95. The number of alkyl halides is 1. The Bertz CT molecular complexity index is 697. The van der Waals surface area contributed by atoms with Gasteiger partial charge in [0.2, 0.25) is 0 Å². The highest BCUT2D eigenvalue weighted by atomic mass is 79.9. The number of aromatic nitrogens is 3. The third-order valence-corrected chi connectivity index (χ3v) is 3.41. The van der Waals surface area contributed by atoms with E-state index in [4.69, 9.17) is 4.74 Å². The molecule has 1 heterocycles. The van der Waals surface area contributed by atoms with Crippen LogP contribution in [0, 0.1) is 0 Å². The Kier molecular flexibility index (Phi) is 3.78. The average molecular weight is 330 g/mol. The van der Waals surface area contributed by atoms with E-state index in [1.165, 1.54) is 0 Å². The molecule has 0 saturated heterocycles. The molecule has 0 spiro atoms. The largest absolute Gasteiger partial charge is 0.423 e. The zero-order valence-corrected chi connectivity index (χ0v) is 12.2. The Morgan fingerprint density at radius 3 is 2.55 bits per heavy atom. The van der Waals surface area contributed by atoms with E-state index in [0.717, 1.165) is 22.3 Å².